The molecule has 1 aromatic rings. The second kappa shape index (κ2) is 6.21. The van der Waals surface area contributed by atoms with Crippen LogP contribution in [0, 0.1) is 5.92 Å². The van der Waals surface area contributed by atoms with Gasteiger partial charge < -0.3 is 10.1 Å². The maximum Gasteiger partial charge on any atom is 0.296 e. The maximum atomic E-state index is 12.0. The van der Waals surface area contributed by atoms with Crippen molar-refractivity contribution in [2.45, 2.75) is 12.8 Å². The third kappa shape index (κ3) is 4.48. The Bertz CT molecular complexity index is 582. The van der Waals surface area contributed by atoms with Crippen molar-refractivity contribution >= 4 is 27.5 Å². The fourth-order valence-corrected chi connectivity index (χ4v) is 2.48. The number of benzene rings is 1. The molecule has 4 N–H and O–H groups in total. The number of ether oxygens (including phenoxy) is 1. The van der Waals surface area contributed by atoms with Crippen molar-refractivity contribution in [3.05, 3.63) is 24.3 Å². The van der Waals surface area contributed by atoms with E-state index in [-0.39, 0.29) is 11.8 Å². The number of hydrogen-bond donors (Lipinski definition) is 3. The summed E-state index contributed by atoms with van der Waals surface area (Å²) in [5.41, 5.74) is 0.826. The summed E-state index contributed by atoms with van der Waals surface area (Å²) < 4.78 is 29.3. The second-order valence-corrected chi connectivity index (χ2v) is 5.90. The molecule has 7 nitrogen and oxygen atoms in total. The van der Waals surface area contributed by atoms with Crippen molar-refractivity contribution in [2.24, 2.45) is 11.1 Å². The van der Waals surface area contributed by atoms with Crippen LogP contribution in [0.5, 0.6) is 0 Å². The highest BCUT2D eigenvalue weighted by Gasteiger charge is 2.21. The van der Waals surface area contributed by atoms with E-state index in [2.05, 4.69) is 10.0 Å². The lowest BCUT2D eigenvalue weighted by Crippen LogP contribution is -2.28. The molecule has 1 aliphatic rings. The fraction of sp³-hybridized carbons (Fsp3) is 0.417. The molecule has 0 unspecified atom stereocenters. The zero-order valence-electron chi connectivity index (χ0n) is 10.8. The van der Waals surface area contributed by atoms with Crippen molar-refractivity contribution in [3.8, 4) is 0 Å². The van der Waals surface area contributed by atoms with E-state index in [1.165, 1.54) is 6.07 Å². The SMILES string of the molecule is NS(=O)(=O)Nc1cccc(NC(=O)C2CCOCC2)c1. The van der Waals surface area contributed by atoms with Crippen LogP contribution in [-0.4, -0.2) is 27.5 Å². The first kappa shape index (κ1) is 14.8. The monoisotopic (exact) mass is 299 g/mol. The minimum Gasteiger partial charge on any atom is -0.381 e. The third-order valence-electron chi connectivity index (χ3n) is 2.98. The molecule has 0 atom stereocenters. The highest BCUT2D eigenvalue weighted by atomic mass is 32.2. The van der Waals surface area contributed by atoms with E-state index in [0.29, 0.717) is 37.4 Å². The zero-order valence-corrected chi connectivity index (χ0v) is 11.7. The Labute approximate surface area is 117 Å². The zero-order chi connectivity index (χ0) is 14.6. The van der Waals surface area contributed by atoms with E-state index < -0.39 is 10.2 Å². The quantitative estimate of drug-likeness (QED) is 0.758. The summed E-state index contributed by atoms with van der Waals surface area (Å²) >= 11 is 0. The minimum absolute atomic E-state index is 0.0707. The molecule has 0 saturated carbocycles. The highest BCUT2D eigenvalue weighted by Crippen LogP contribution is 2.20. The van der Waals surface area contributed by atoms with E-state index in [1.807, 2.05) is 0 Å². The number of hydrogen-bond acceptors (Lipinski definition) is 4. The van der Waals surface area contributed by atoms with Crippen molar-refractivity contribution in [3.63, 3.8) is 0 Å². The summed E-state index contributed by atoms with van der Waals surface area (Å²) in [6, 6.07) is 6.38. The van der Waals surface area contributed by atoms with E-state index in [4.69, 9.17) is 9.88 Å². The van der Waals surface area contributed by atoms with Crippen LogP contribution in [-0.2, 0) is 19.7 Å². The van der Waals surface area contributed by atoms with Crippen LogP contribution in [0.2, 0.25) is 0 Å². The Morgan fingerprint density at radius 2 is 1.90 bits per heavy atom. The molecule has 0 bridgehead atoms. The number of nitrogens with one attached hydrogen (secondary N) is 2. The van der Waals surface area contributed by atoms with Gasteiger partial charge in [-0.1, -0.05) is 6.07 Å². The molecule has 1 heterocycles. The van der Waals surface area contributed by atoms with Crippen LogP contribution < -0.4 is 15.2 Å². The fourth-order valence-electron chi connectivity index (χ4n) is 2.03. The Kier molecular flexibility index (Phi) is 4.58. The number of anilines is 2. The van der Waals surface area contributed by atoms with Gasteiger partial charge in [-0.3, -0.25) is 9.52 Å². The van der Waals surface area contributed by atoms with E-state index in [0.717, 1.165) is 0 Å². The lowest BCUT2D eigenvalue weighted by Gasteiger charge is -2.21. The van der Waals surface area contributed by atoms with E-state index in [9.17, 15) is 13.2 Å². The number of carbonyl (C=O) groups excluding carboxylic acids is 1. The summed E-state index contributed by atoms with van der Waals surface area (Å²) in [5, 5.41) is 7.66. The van der Waals surface area contributed by atoms with E-state index in [1.54, 1.807) is 18.2 Å². The van der Waals surface area contributed by atoms with Gasteiger partial charge in [-0.05, 0) is 31.0 Å². The molecule has 8 heteroatoms. The van der Waals surface area contributed by atoms with Crippen LogP contribution in [0.1, 0.15) is 12.8 Å². The van der Waals surface area contributed by atoms with Gasteiger partial charge >= 0.3 is 0 Å². The normalized spacial score (nSPS) is 16.6. The average Bonchev–Trinajstić information content (AvgIpc) is 2.38. The highest BCUT2D eigenvalue weighted by molar-refractivity contribution is 7.90. The van der Waals surface area contributed by atoms with Crippen LogP contribution in [0.25, 0.3) is 0 Å². The topological polar surface area (TPSA) is 111 Å². The molecule has 2 rings (SSSR count). The van der Waals surface area contributed by atoms with Crippen molar-refractivity contribution in [1.82, 2.24) is 0 Å². The van der Waals surface area contributed by atoms with Gasteiger partial charge in [0.2, 0.25) is 5.91 Å². The van der Waals surface area contributed by atoms with Gasteiger partial charge in [0, 0.05) is 24.8 Å². The first-order chi connectivity index (χ1) is 9.44. The molecule has 1 amide bonds. The van der Waals surface area contributed by atoms with Gasteiger partial charge in [-0.2, -0.15) is 8.42 Å². The van der Waals surface area contributed by atoms with Crippen LogP contribution >= 0.6 is 0 Å². The molecule has 0 aliphatic carbocycles. The Balaban J connectivity index is 2.02. The van der Waals surface area contributed by atoms with Gasteiger partial charge in [0.15, 0.2) is 0 Å². The molecule has 110 valence electrons. The Morgan fingerprint density at radius 3 is 2.55 bits per heavy atom. The summed E-state index contributed by atoms with van der Waals surface area (Å²) in [6.07, 6.45) is 1.39. The predicted molar refractivity (Wildman–Crippen MR) is 75.3 cm³/mol. The molecule has 1 saturated heterocycles. The molecular formula is C12H17N3O4S. The van der Waals surface area contributed by atoms with Gasteiger partial charge in [-0.15, -0.1) is 0 Å². The van der Waals surface area contributed by atoms with Gasteiger partial charge in [0.1, 0.15) is 0 Å². The molecule has 0 radical (unpaired) electrons. The molecule has 1 fully saturated rings. The van der Waals surface area contributed by atoms with Crippen molar-refractivity contribution in [1.29, 1.82) is 0 Å². The van der Waals surface area contributed by atoms with E-state index >= 15 is 0 Å². The van der Waals surface area contributed by atoms with Gasteiger partial charge in [0.05, 0.1) is 5.69 Å². The molecule has 20 heavy (non-hydrogen) atoms. The van der Waals surface area contributed by atoms with Crippen LogP contribution in [0.3, 0.4) is 0 Å². The molecule has 1 aromatic carbocycles. The average molecular weight is 299 g/mol. The predicted octanol–water partition coefficient (Wildman–Crippen LogP) is 0.667. The summed E-state index contributed by atoms with van der Waals surface area (Å²) in [4.78, 5) is 12.0. The van der Waals surface area contributed by atoms with Crippen LogP contribution in [0.4, 0.5) is 11.4 Å². The number of rotatable bonds is 4. The third-order valence-corrected chi connectivity index (χ3v) is 3.50. The lowest BCUT2D eigenvalue weighted by atomic mass is 9.99. The number of nitrogens with two attached hydrogens (primary N) is 1. The molecule has 0 aromatic heterocycles. The van der Waals surface area contributed by atoms with Crippen molar-refractivity contribution in [2.75, 3.05) is 23.3 Å². The summed E-state index contributed by atoms with van der Waals surface area (Å²) in [5.74, 6) is -0.153. The molecular weight excluding hydrogens is 282 g/mol. The number of carbonyl (C=O) groups is 1. The molecule has 0 spiro atoms. The first-order valence-electron chi connectivity index (χ1n) is 6.23. The molecule has 1 aliphatic heterocycles. The lowest BCUT2D eigenvalue weighted by molar-refractivity contribution is -0.122. The first-order valence-corrected chi connectivity index (χ1v) is 7.78. The smallest absolute Gasteiger partial charge is 0.296 e. The van der Waals surface area contributed by atoms with Crippen molar-refractivity contribution < 1.29 is 17.9 Å². The minimum atomic E-state index is -3.82. The Morgan fingerprint density at radius 1 is 1.25 bits per heavy atom. The standard InChI is InChI=1S/C12H17N3O4S/c13-20(17,18)15-11-3-1-2-10(8-11)14-12(16)9-4-6-19-7-5-9/h1-3,8-9,15H,4-7H2,(H,14,16)(H2,13,17,18). The van der Waals surface area contributed by atoms with Gasteiger partial charge in [0.25, 0.3) is 10.2 Å². The second-order valence-electron chi connectivity index (χ2n) is 4.60. The number of amides is 1. The summed E-state index contributed by atoms with van der Waals surface area (Å²) in [6.45, 7) is 1.18. The van der Waals surface area contributed by atoms with Gasteiger partial charge in [-0.25, -0.2) is 5.14 Å². The maximum absolute atomic E-state index is 12.0. The summed E-state index contributed by atoms with van der Waals surface area (Å²) in [7, 11) is -3.82. The van der Waals surface area contributed by atoms with Crippen LogP contribution in [0.15, 0.2) is 24.3 Å². The Hall–Kier alpha value is -1.64. The largest absolute Gasteiger partial charge is 0.381 e.